The van der Waals surface area contributed by atoms with Gasteiger partial charge in [-0.05, 0) is 56.2 Å². The maximum Gasteiger partial charge on any atom is 0.256 e. The Hall–Kier alpha value is -3.20. The van der Waals surface area contributed by atoms with E-state index >= 15 is 0 Å². The van der Waals surface area contributed by atoms with Gasteiger partial charge < -0.3 is 9.80 Å². The number of piperidine rings is 1. The number of anilines is 1. The van der Waals surface area contributed by atoms with E-state index in [9.17, 15) is 22.8 Å². The predicted octanol–water partition coefficient (Wildman–Crippen LogP) is 4.95. The number of amides is 2. The van der Waals surface area contributed by atoms with Crippen LogP contribution >= 0.6 is 11.3 Å². The molecule has 0 N–H and O–H groups in total. The minimum atomic E-state index is -0.903. The summed E-state index contributed by atoms with van der Waals surface area (Å²) in [5.41, 5.74) is 1.13. The molecule has 172 valence electrons. The lowest BCUT2D eigenvalue weighted by Crippen LogP contribution is -2.44. The number of hydrogen-bond acceptors (Lipinski definition) is 4. The van der Waals surface area contributed by atoms with Crippen molar-refractivity contribution < 1.29 is 22.8 Å². The lowest BCUT2D eigenvalue weighted by atomic mass is 9.94. The van der Waals surface area contributed by atoms with Crippen LogP contribution in [0.5, 0.6) is 0 Å². The first-order chi connectivity index (χ1) is 15.8. The molecule has 1 saturated heterocycles. The highest BCUT2D eigenvalue weighted by Gasteiger charge is 2.32. The van der Waals surface area contributed by atoms with Crippen LogP contribution in [-0.4, -0.2) is 34.8 Å². The molecule has 9 heteroatoms. The molecular formula is C24H22F3N3O2S. The van der Waals surface area contributed by atoms with Crippen LogP contribution in [0, 0.1) is 30.3 Å². The van der Waals surface area contributed by atoms with Gasteiger partial charge in [-0.15, -0.1) is 11.3 Å². The van der Waals surface area contributed by atoms with Crippen molar-refractivity contribution in [3.8, 4) is 0 Å². The fourth-order valence-corrected chi connectivity index (χ4v) is 4.55. The Labute approximate surface area is 193 Å². The summed E-state index contributed by atoms with van der Waals surface area (Å²) >= 11 is 1.49. The molecule has 0 radical (unpaired) electrons. The zero-order valence-corrected chi connectivity index (χ0v) is 18.7. The van der Waals surface area contributed by atoms with Gasteiger partial charge in [0, 0.05) is 36.1 Å². The molecule has 0 spiro atoms. The highest BCUT2D eigenvalue weighted by Crippen LogP contribution is 2.27. The van der Waals surface area contributed by atoms with Crippen LogP contribution in [-0.2, 0) is 11.3 Å². The van der Waals surface area contributed by atoms with Crippen molar-refractivity contribution in [3.63, 3.8) is 0 Å². The first kappa shape index (κ1) is 23.0. The SMILES string of the molecule is Cc1nc(CN(C(=O)C2CCN(C(=O)c3ccc(F)cc3F)CC2)c2ccc(F)cc2)cs1. The van der Waals surface area contributed by atoms with Gasteiger partial charge in [0.2, 0.25) is 5.91 Å². The summed E-state index contributed by atoms with van der Waals surface area (Å²) in [7, 11) is 0. The van der Waals surface area contributed by atoms with Crippen LogP contribution in [0.15, 0.2) is 47.8 Å². The van der Waals surface area contributed by atoms with E-state index in [4.69, 9.17) is 0 Å². The Kier molecular flexibility index (Phi) is 6.78. The molecule has 1 aliphatic rings. The van der Waals surface area contributed by atoms with Gasteiger partial charge >= 0.3 is 0 Å². The summed E-state index contributed by atoms with van der Waals surface area (Å²) in [5, 5.41) is 2.77. The van der Waals surface area contributed by atoms with Crippen molar-refractivity contribution in [1.82, 2.24) is 9.88 Å². The quantitative estimate of drug-likeness (QED) is 0.527. The first-order valence-electron chi connectivity index (χ1n) is 10.5. The number of aryl methyl sites for hydroxylation is 1. The van der Waals surface area contributed by atoms with E-state index in [0.29, 0.717) is 24.6 Å². The Morgan fingerprint density at radius 3 is 2.33 bits per heavy atom. The van der Waals surface area contributed by atoms with Gasteiger partial charge in [-0.1, -0.05) is 0 Å². The van der Waals surface area contributed by atoms with E-state index in [2.05, 4.69) is 4.98 Å². The lowest BCUT2D eigenvalue weighted by molar-refractivity contribution is -0.123. The van der Waals surface area contributed by atoms with Gasteiger partial charge in [0.1, 0.15) is 17.5 Å². The van der Waals surface area contributed by atoms with Crippen molar-refractivity contribution in [2.75, 3.05) is 18.0 Å². The highest BCUT2D eigenvalue weighted by molar-refractivity contribution is 7.09. The van der Waals surface area contributed by atoms with Crippen LogP contribution < -0.4 is 4.90 Å². The van der Waals surface area contributed by atoms with Crippen LogP contribution in [0.1, 0.15) is 33.9 Å². The van der Waals surface area contributed by atoms with Gasteiger partial charge in [0.25, 0.3) is 5.91 Å². The van der Waals surface area contributed by atoms with Gasteiger partial charge in [0.15, 0.2) is 0 Å². The minimum Gasteiger partial charge on any atom is -0.339 e. The summed E-state index contributed by atoms with van der Waals surface area (Å²) in [6.07, 6.45) is 0.808. The molecule has 2 amide bonds. The molecule has 1 aromatic heterocycles. The number of nitrogens with zero attached hydrogens (tertiary/aromatic N) is 3. The average Bonchev–Trinajstić information content (AvgIpc) is 3.22. The van der Waals surface area contributed by atoms with E-state index in [0.717, 1.165) is 22.8 Å². The predicted molar refractivity (Wildman–Crippen MR) is 119 cm³/mol. The van der Waals surface area contributed by atoms with Gasteiger partial charge in [-0.2, -0.15) is 0 Å². The van der Waals surface area contributed by atoms with E-state index in [1.54, 1.807) is 17.0 Å². The van der Waals surface area contributed by atoms with Crippen LogP contribution in [0.3, 0.4) is 0 Å². The molecule has 1 fully saturated rings. The molecule has 2 aromatic carbocycles. The minimum absolute atomic E-state index is 0.132. The molecule has 5 nitrogen and oxygen atoms in total. The average molecular weight is 474 g/mol. The van der Waals surface area contributed by atoms with Crippen molar-refractivity contribution in [2.45, 2.75) is 26.3 Å². The zero-order valence-electron chi connectivity index (χ0n) is 17.9. The largest absolute Gasteiger partial charge is 0.339 e. The third-order valence-corrected chi connectivity index (χ3v) is 6.51. The van der Waals surface area contributed by atoms with Gasteiger partial charge in [0.05, 0.1) is 22.8 Å². The normalized spacial score (nSPS) is 14.4. The monoisotopic (exact) mass is 473 g/mol. The summed E-state index contributed by atoms with van der Waals surface area (Å²) in [6, 6.07) is 8.60. The number of carbonyl (C=O) groups excluding carboxylic acids is 2. The maximum absolute atomic E-state index is 14.0. The van der Waals surface area contributed by atoms with Crippen molar-refractivity contribution in [3.05, 3.63) is 81.6 Å². The number of thiazole rings is 1. The summed E-state index contributed by atoms with van der Waals surface area (Å²) in [6.45, 7) is 2.70. The molecule has 0 saturated carbocycles. The summed E-state index contributed by atoms with van der Waals surface area (Å²) < 4.78 is 40.6. The molecule has 33 heavy (non-hydrogen) atoms. The van der Waals surface area contributed by atoms with E-state index in [1.165, 1.54) is 28.4 Å². The van der Waals surface area contributed by atoms with Crippen molar-refractivity contribution in [1.29, 1.82) is 0 Å². The molecule has 0 unspecified atom stereocenters. The van der Waals surface area contributed by atoms with E-state index in [-0.39, 0.29) is 37.0 Å². The fraction of sp³-hybridized carbons (Fsp3) is 0.292. The highest BCUT2D eigenvalue weighted by atomic mass is 32.1. The number of aromatic nitrogens is 1. The summed E-state index contributed by atoms with van der Waals surface area (Å²) in [5.74, 6) is -3.05. The molecule has 0 atom stereocenters. The molecule has 2 heterocycles. The van der Waals surface area contributed by atoms with E-state index in [1.807, 2.05) is 12.3 Å². The second-order valence-electron chi connectivity index (χ2n) is 7.95. The smallest absolute Gasteiger partial charge is 0.256 e. The third kappa shape index (κ3) is 5.24. The number of benzene rings is 2. The standard InChI is InChI=1S/C24H22F3N3O2S/c1-15-28-19(14-33-15)13-30(20-5-2-17(25)3-6-20)23(31)16-8-10-29(11-9-16)24(32)21-7-4-18(26)12-22(21)27/h2-7,12,14,16H,8-11,13H2,1H3. The van der Waals surface area contributed by atoms with Gasteiger partial charge in [-0.25, -0.2) is 18.2 Å². The van der Waals surface area contributed by atoms with Crippen LogP contribution in [0.25, 0.3) is 0 Å². The maximum atomic E-state index is 14.0. The third-order valence-electron chi connectivity index (χ3n) is 5.68. The Morgan fingerprint density at radius 2 is 1.73 bits per heavy atom. The molecule has 4 rings (SSSR count). The second kappa shape index (κ2) is 9.74. The number of likely N-dealkylation sites (tertiary alicyclic amines) is 1. The first-order valence-corrected chi connectivity index (χ1v) is 11.4. The second-order valence-corrected chi connectivity index (χ2v) is 9.01. The van der Waals surface area contributed by atoms with Crippen molar-refractivity contribution >= 4 is 28.8 Å². The molecule has 1 aliphatic heterocycles. The Balaban J connectivity index is 1.47. The molecule has 0 bridgehead atoms. The zero-order chi connectivity index (χ0) is 23.5. The number of hydrogen-bond donors (Lipinski definition) is 0. The lowest BCUT2D eigenvalue weighted by Gasteiger charge is -2.34. The number of halogens is 3. The Bertz CT molecular complexity index is 1160. The molecule has 3 aromatic rings. The summed E-state index contributed by atoms with van der Waals surface area (Å²) in [4.78, 5) is 33.6. The van der Waals surface area contributed by atoms with Crippen molar-refractivity contribution in [2.24, 2.45) is 5.92 Å². The molecule has 0 aliphatic carbocycles. The topological polar surface area (TPSA) is 53.5 Å². The number of carbonyl (C=O) groups is 2. The number of rotatable bonds is 5. The van der Waals surface area contributed by atoms with Crippen LogP contribution in [0.4, 0.5) is 18.9 Å². The van der Waals surface area contributed by atoms with Gasteiger partial charge in [-0.3, -0.25) is 9.59 Å². The fourth-order valence-electron chi connectivity index (χ4n) is 3.94. The van der Waals surface area contributed by atoms with E-state index < -0.39 is 23.4 Å². The van der Waals surface area contributed by atoms with Crippen LogP contribution in [0.2, 0.25) is 0 Å². The molecular weight excluding hydrogens is 451 g/mol. The Morgan fingerprint density at radius 1 is 1.06 bits per heavy atom.